The Hall–Kier alpha value is -0.100. The second kappa shape index (κ2) is 4.18. The Morgan fingerprint density at radius 2 is 1.71 bits per heavy atom. The van der Waals surface area contributed by atoms with E-state index in [1.807, 2.05) is 0 Å². The third kappa shape index (κ3) is 2.95. The van der Waals surface area contributed by atoms with Gasteiger partial charge in [-0.2, -0.15) is 13.2 Å². The van der Waals surface area contributed by atoms with E-state index in [0.717, 1.165) is 12.1 Å². The summed E-state index contributed by atoms with van der Waals surface area (Å²) in [7, 11) is 0. The zero-order valence-electron chi connectivity index (χ0n) is 6.58. The molecular weight excluding hydrogens is 332 g/mol. The maximum absolute atomic E-state index is 12.8. The molecule has 0 nitrogen and oxygen atoms in total. The van der Waals surface area contributed by atoms with Crippen molar-refractivity contribution in [3.8, 4) is 0 Å². The van der Waals surface area contributed by atoms with Crippen molar-refractivity contribution in [2.24, 2.45) is 0 Å². The van der Waals surface area contributed by atoms with E-state index in [0.29, 0.717) is 0 Å². The molecule has 78 valence electrons. The number of alkyl halides is 4. The highest BCUT2D eigenvalue weighted by atomic mass is 79.9. The van der Waals surface area contributed by atoms with E-state index < -0.39 is 16.8 Å². The monoisotopic (exact) mass is 334 g/mol. The van der Waals surface area contributed by atoms with E-state index >= 15 is 0 Å². The van der Waals surface area contributed by atoms with E-state index in [1.54, 1.807) is 0 Å². The Morgan fingerprint density at radius 3 is 2.14 bits per heavy atom. The van der Waals surface area contributed by atoms with Crippen molar-refractivity contribution in [1.82, 2.24) is 0 Å². The minimum absolute atomic E-state index is 0.163. The highest BCUT2D eigenvalue weighted by Gasteiger charge is 2.39. The zero-order chi connectivity index (χ0) is 10.9. The van der Waals surface area contributed by atoms with E-state index in [2.05, 4.69) is 31.9 Å². The highest BCUT2D eigenvalue weighted by Crippen LogP contribution is 2.40. The summed E-state index contributed by atoms with van der Waals surface area (Å²) < 4.78 is 49.7. The van der Waals surface area contributed by atoms with Gasteiger partial charge in [-0.3, -0.25) is 0 Å². The van der Waals surface area contributed by atoms with Crippen LogP contribution in [0, 0.1) is 5.82 Å². The fourth-order valence-electron chi connectivity index (χ4n) is 0.910. The maximum atomic E-state index is 12.8. The first-order chi connectivity index (χ1) is 6.30. The van der Waals surface area contributed by atoms with Crippen LogP contribution in [-0.2, 0) is 0 Å². The zero-order valence-corrected chi connectivity index (χ0v) is 9.75. The minimum Gasteiger partial charge on any atom is -0.207 e. The van der Waals surface area contributed by atoms with Gasteiger partial charge in [0.05, 0.1) is 0 Å². The van der Waals surface area contributed by atoms with E-state index in [4.69, 9.17) is 0 Å². The predicted molar refractivity (Wildman–Crippen MR) is 51.8 cm³/mol. The van der Waals surface area contributed by atoms with Crippen LogP contribution < -0.4 is 0 Å². The van der Waals surface area contributed by atoms with Gasteiger partial charge in [0.15, 0.2) is 0 Å². The Labute approximate surface area is 94.6 Å². The normalized spacial score (nSPS) is 14.1. The topological polar surface area (TPSA) is 0 Å². The third-order valence-electron chi connectivity index (χ3n) is 1.46. The lowest BCUT2D eigenvalue weighted by atomic mass is 10.1. The quantitative estimate of drug-likeness (QED) is 0.520. The molecule has 0 unspecified atom stereocenters. The lowest BCUT2D eigenvalue weighted by Gasteiger charge is -2.14. The highest BCUT2D eigenvalue weighted by molar-refractivity contribution is 9.10. The molecular formula is C8H4Br2F4. The van der Waals surface area contributed by atoms with Gasteiger partial charge in [0.2, 0.25) is 0 Å². The number of hydrogen-bond acceptors (Lipinski definition) is 0. The molecule has 6 heteroatoms. The molecule has 0 aliphatic carbocycles. The first kappa shape index (κ1) is 12.0. The molecule has 1 aromatic carbocycles. The minimum atomic E-state index is -4.42. The predicted octanol–water partition coefficient (Wildman–Crippen LogP) is 4.59. The molecule has 0 amide bonds. The van der Waals surface area contributed by atoms with Crippen LogP contribution >= 0.6 is 31.9 Å². The summed E-state index contributed by atoms with van der Waals surface area (Å²) in [5, 5.41) is 0. The van der Waals surface area contributed by atoms with Gasteiger partial charge in [-0.05, 0) is 23.8 Å². The van der Waals surface area contributed by atoms with Crippen LogP contribution in [0.2, 0.25) is 0 Å². The van der Waals surface area contributed by atoms with Crippen molar-refractivity contribution in [3.63, 3.8) is 0 Å². The van der Waals surface area contributed by atoms with Gasteiger partial charge in [-0.15, -0.1) is 0 Å². The molecule has 0 aromatic heterocycles. The number of hydrogen-bond donors (Lipinski definition) is 0. The molecule has 0 bridgehead atoms. The molecule has 0 aliphatic rings. The summed E-state index contributed by atoms with van der Waals surface area (Å²) in [6, 6.07) is 3.16. The van der Waals surface area contributed by atoms with Crippen LogP contribution in [0.15, 0.2) is 22.7 Å². The van der Waals surface area contributed by atoms with Crippen LogP contribution in [0.4, 0.5) is 17.6 Å². The summed E-state index contributed by atoms with van der Waals surface area (Å²) in [6.45, 7) is 0. The molecule has 0 heterocycles. The molecule has 1 rings (SSSR count). The average molecular weight is 336 g/mol. The van der Waals surface area contributed by atoms with Gasteiger partial charge in [-0.25, -0.2) is 4.39 Å². The molecule has 0 saturated heterocycles. The summed E-state index contributed by atoms with van der Waals surface area (Å²) in [4.78, 5) is -1.85. The van der Waals surface area contributed by atoms with Crippen LogP contribution in [0.25, 0.3) is 0 Å². The lowest BCUT2D eigenvalue weighted by molar-refractivity contribution is -0.128. The smallest absolute Gasteiger partial charge is 0.207 e. The van der Waals surface area contributed by atoms with Gasteiger partial charge in [-0.1, -0.05) is 31.9 Å². The summed E-state index contributed by atoms with van der Waals surface area (Å²) in [5.74, 6) is -0.705. The van der Waals surface area contributed by atoms with Crippen molar-refractivity contribution in [3.05, 3.63) is 34.1 Å². The number of halogens is 6. The second-order valence-corrected chi connectivity index (χ2v) is 4.44. The molecule has 1 atom stereocenters. The van der Waals surface area contributed by atoms with E-state index in [1.165, 1.54) is 6.07 Å². The Morgan fingerprint density at radius 1 is 1.14 bits per heavy atom. The second-order valence-electron chi connectivity index (χ2n) is 2.61. The van der Waals surface area contributed by atoms with Crippen molar-refractivity contribution in [2.45, 2.75) is 11.0 Å². The van der Waals surface area contributed by atoms with Gasteiger partial charge in [0.25, 0.3) is 0 Å². The third-order valence-corrected chi connectivity index (χ3v) is 2.97. The number of benzene rings is 1. The van der Waals surface area contributed by atoms with E-state index in [9.17, 15) is 17.6 Å². The van der Waals surface area contributed by atoms with Crippen LogP contribution in [0.3, 0.4) is 0 Å². The fraction of sp³-hybridized carbons (Fsp3) is 0.250. The van der Waals surface area contributed by atoms with Crippen LogP contribution in [-0.4, -0.2) is 6.18 Å². The van der Waals surface area contributed by atoms with Gasteiger partial charge in [0, 0.05) is 4.47 Å². The molecule has 0 fully saturated rings. The van der Waals surface area contributed by atoms with Gasteiger partial charge >= 0.3 is 6.18 Å². The number of rotatable bonds is 1. The summed E-state index contributed by atoms with van der Waals surface area (Å²) in [6.07, 6.45) is -4.42. The van der Waals surface area contributed by atoms with Crippen molar-refractivity contribution in [2.75, 3.05) is 0 Å². The summed E-state index contributed by atoms with van der Waals surface area (Å²) in [5.41, 5.74) is -0.163. The Kier molecular flexibility index (Phi) is 3.58. The Balaban J connectivity index is 3.07. The lowest BCUT2D eigenvalue weighted by Crippen LogP contribution is -2.15. The standard InChI is InChI=1S/C8H4Br2F4/c9-5-1-4(2-6(11)3-5)7(10)8(12,13)14/h1-3,7H/t7-/m1/s1. The molecule has 0 spiro atoms. The first-order valence-electron chi connectivity index (χ1n) is 3.47. The fourth-order valence-corrected chi connectivity index (χ4v) is 1.66. The van der Waals surface area contributed by atoms with Crippen molar-refractivity contribution in [1.29, 1.82) is 0 Å². The molecule has 0 N–H and O–H groups in total. The maximum Gasteiger partial charge on any atom is 0.405 e. The molecule has 1 aromatic rings. The first-order valence-corrected chi connectivity index (χ1v) is 5.18. The van der Waals surface area contributed by atoms with Gasteiger partial charge < -0.3 is 0 Å². The average Bonchev–Trinajstić information content (AvgIpc) is 1.99. The molecule has 0 radical (unpaired) electrons. The van der Waals surface area contributed by atoms with Gasteiger partial charge in [0.1, 0.15) is 10.6 Å². The van der Waals surface area contributed by atoms with E-state index in [-0.39, 0.29) is 10.0 Å². The van der Waals surface area contributed by atoms with Crippen molar-refractivity contribution >= 4 is 31.9 Å². The molecule has 14 heavy (non-hydrogen) atoms. The van der Waals surface area contributed by atoms with Crippen LogP contribution in [0.1, 0.15) is 10.4 Å². The molecule has 0 aliphatic heterocycles. The SMILES string of the molecule is Fc1cc(Br)cc([C@@H](Br)C(F)(F)F)c1. The van der Waals surface area contributed by atoms with Crippen LogP contribution in [0.5, 0.6) is 0 Å². The Bertz CT molecular complexity index is 314. The largest absolute Gasteiger partial charge is 0.405 e. The summed E-state index contributed by atoms with van der Waals surface area (Å²) >= 11 is 5.38. The molecule has 0 saturated carbocycles. The van der Waals surface area contributed by atoms with Crippen molar-refractivity contribution < 1.29 is 17.6 Å².